The highest BCUT2D eigenvalue weighted by molar-refractivity contribution is 7.91. The van der Waals surface area contributed by atoms with Crippen LogP contribution in [-0.2, 0) is 22.8 Å². The largest absolute Gasteiger partial charge is 0.492 e. The van der Waals surface area contributed by atoms with Crippen molar-refractivity contribution in [3.8, 4) is 17.0 Å². The fourth-order valence-corrected chi connectivity index (χ4v) is 5.57. The number of sulfone groups is 1. The highest BCUT2D eigenvalue weighted by atomic mass is 32.2. The van der Waals surface area contributed by atoms with Crippen molar-refractivity contribution < 1.29 is 17.9 Å². The van der Waals surface area contributed by atoms with E-state index >= 15 is 0 Å². The molecule has 0 aliphatic heterocycles. The van der Waals surface area contributed by atoms with E-state index in [0.29, 0.717) is 28.9 Å². The SMILES string of the molecule is CCCCCc1nc(O)c(S(=O)(=O)c2ccc(-c3ccnc(F)c3C)cc2)c(=O)n1Cc1ccccc1. The number of hydrogen-bond acceptors (Lipinski definition) is 6. The number of rotatable bonds is 9. The zero-order chi connectivity index (χ0) is 26.6. The van der Waals surface area contributed by atoms with Crippen molar-refractivity contribution >= 4 is 9.84 Å². The number of benzene rings is 2. The molecule has 0 aliphatic rings. The Morgan fingerprint density at radius 3 is 2.38 bits per heavy atom. The molecule has 0 saturated heterocycles. The summed E-state index contributed by atoms with van der Waals surface area (Å²) in [5, 5.41) is 10.7. The van der Waals surface area contributed by atoms with Gasteiger partial charge in [-0.25, -0.2) is 13.4 Å². The predicted octanol–water partition coefficient (Wildman–Crippen LogP) is 5.07. The van der Waals surface area contributed by atoms with Gasteiger partial charge in [-0.2, -0.15) is 9.37 Å². The minimum absolute atomic E-state index is 0.128. The molecule has 9 heteroatoms. The summed E-state index contributed by atoms with van der Waals surface area (Å²) in [5.74, 6) is -1.08. The minimum Gasteiger partial charge on any atom is -0.492 e. The van der Waals surface area contributed by atoms with E-state index in [9.17, 15) is 22.7 Å². The maximum Gasteiger partial charge on any atom is 0.277 e. The van der Waals surface area contributed by atoms with E-state index < -0.39 is 32.1 Å². The summed E-state index contributed by atoms with van der Waals surface area (Å²) in [5.41, 5.74) is 1.48. The van der Waals surface area contributed by atoms with Crippen LogP contribution in [0.4, 0.5) is 4.39 Å². The van der Waals surface area contributed by atoms with Crippen molar-refractivity contribution in [2.75, 3.05) is 0 Å². The van der Waals surface area contributed by atoms with Crippen LogP contribution in [0.1, 0.15) is 43.1 Å². The van der Waals surface area contributed by atoms with E-state index in [1.165, 1.54) is 35.0 Å². The Bertz CT molecular complexity index is 1570. The molecular weight excluding hydrogens is 493 g/mol. The lowest BCUT2D eigenvalue weighted by atomic mass is 10.0. The normalized spacial score (nSPS) is 11.5. The molecule has 0 amide bonds. The zero-order valence-corrected chi connectivity index (χ0v) is 21.5. The van der Waals surface area contributed by atoms with E-state index in [0.717, 1.165) is 24.8 Å². The van der Waals surface area contributed by atoms with Crippen LogP contribution in [0, 0.1) is 12.9 Å². The van der Waals surface area contributed by atoms with Crippen LogP contribution in [0.5, 0.6) is 5.88 Å². The highest BCUT2D eigenvalue weighted by Crippen LogP contribution is 2.29. The fourth-order valence-electron chi connectivity index (χ4n) is 4.21. The average molecular weight is 522 g/mol. The summed E-state index contributed by atoms with van der Waals surface area (Å²) in [7, 11) is -4.41. The average Bonchev–Trinajstić information content (AvgIpc) is 2.88. The molecule has 192 valence electrons. The topological polar surface area (TPSA) is 102 Å². The molecule has 0 saturated carbocycles. The smallest absolute Gasteiger partial charge is 0.277 e. The summed E-state index contributed by atoms with van der Waals surface area (Å²) >= 11 is 0. The molecule has 2 aromatic carbocycles. The summed E-state index contributed by atoms with van der Waals surface area (Å²) in [6, 6.07) is 16.6. The molecular formula is C28H28FN3O4S. The van der Waals surface area contributed by atoms with Gasteiger partial charge < -0.3 is 5.11 Å². The van der Waals surface area contributed by atoms with E-state index in [1.807, 2.05) is 30.3 Å². The molecule has 4 rings (SSSR count). The van der Waals surface area contributed by atoms with Gasteiger partial charge in [0.1, 0.15) is 5.82 Å². The molecule has 0 bridgehead atoms. The maximum atomic E-state index is 13.9. The molecule has 37 heavy (non-hydrogen) atoms. The van der Waals surface area contributed by atoms with Gasteiger partial charge in [0.15, 0.2) is 4.90 Å². The molecule has 4 aromatic rings. The second-order valence-electron chi connectivity index (χ2n) is 8.82. The lowest BCUT2D eigenvalue weighted by Crippen LogP contribution is -2.30. The first-order chi connectivity index (χ1) is 17.7. The van der Waals surface area contributed by atoms with Crippen LogP contribution < -0.4 is 5.56 Å². The molecule has 0 radical (unpaired) electrons. The molecule has 0 fully saturated rings. The third kappa shape index (κ3) is 5.46. The van der Waals surface area contributed by atoms with E-state index in [4.69, 9.17) is 0 Å². The van der Waals surface area contributed by atoms with E-state index in [1.54, 1.807) is 13.0 Å². The monoisotopic (exact) mass is 521 g/mol. The Morgan fingerprint density at radius 1 is 1.00 bits per heavy atom. The van der Waals surface area contributed by atoms with Gasteiger partial charge in [0, 0.05) is 18.2 Å². The van der Waals surface area contributed by atoms with Gasteiger partial charge in [0.05, 0.1) is 11.4 Å². The molecule has 0 aliphatic carbocycles. The van der Waals surface area contributed by atoms with E-state index in [2.05, 4.69) is 16.9 Å². The predicted molar refractivity (Wildman–Crippen MR) is 139 cm³/mol. The number of halogens is 1. The number of aromatic nitrogens is 3. The van der Waals surface area contributed by atoms with Gasteiger partial charge in [-0.1, -0.05) is 62.2 Å². The minimum atomic E-state index is -4.41. The molecule has 0 spiro atoms. The number of aromatic hydroxyl groups is 1. The first kappa shape index (κ1) is 26.2. The number of unbranched alkanes of at least 4 members (excludes halogenated alkanes) is 2. The lowest BCUT2D eigenvalue weighted by Gasteiger charge is -2.15. The zero-order valence-electron chi connectivity index (χ0n) is 20.7. The van der Waals surface area contributed by atoms with Gasteiger partial charge in [-0.05, 0) is 48.2 Å². The molecule has 1 N–H and O–H groups in total. The second-order valence-corrected chi connectivity index (χ2v) is 10.7. The fraction of sp³-hybridized carbons (Fsp3) is 0.250. The lowest BCUT2D eigenvalue weighted by molar-refractivity contribution is 0.419. The number of pyridine rings is 1. The Morgan fingerprint density at radius 2 is 1.70 bits per heavy atom. The number of aryl methyl sites for hydroxylation is 1. The van der Waals surface area contributed by atoms with Crippen LogP contribution in [0.2, 0.25) is 0 Å². The molecule has 0 unspecified atom stereocenters. The highest BCUT2D eigenvalue weighted by Gasteiger charge is 2.29. The molecule has 0 atom stereocenters. The van der Waals surface area contributed by atoms with Crippen molar-refractivity contribution in [3.05, 3.63) is 100 Å². The Balaban J connectivity index is 1.78. The number of nitrogens with zero attached hydrogens (tertiary/aromatic N) is 3. The van der Waals surface area contributed by atoms with Crippen LogP contribution in [0.25, 0.3) is 11.1 Å². The van der Waals surface area contributed by atoms with Crippen LogP contribution in [-0.4, -0.2) is 28.1 Å². The van der Waals surface area contributed by atoms with Gasteiger partial charge in [0.25, 0.3) is 5.56 Å². The van der Waals surface area contributed by atoms with Crippen LogP contribution >= 0.6 is 0 Å². The van der Waals surface area contributed by atoms with Crippen molar-refractivity contribution in [3.63, 3.8) is 0 Å². The van der Waals surface area contributed by atoms with Crippen LogP contribution in [0.3, 0.4) is 0 Å². The first-order valence-electron chi connectivity index (χ1n) is 12.1. The van der Waals surface area contributed by atoms with Gasteiger partial charge in [-0.15, -0.1) is 0 Å². The standard InChI is InChI=1S/C28H28FN3O4S/c1-3-4-6-11-24-31-27(33)25(28(34)32(24)18-20-9-7-5-8-10-20)37(35,36)22-14-12-21(13-15-22)23-16-17-30-26(29)19(23)2/h5,7-10,12-17,33H,3-4,6,11,18H2,1-2H3. The van der Waals surface area contributed by atoms with Crippen molar-refractivity contribution in [2.45, 2.75) is 55.9 Å². The Hall–Kier alpha value is -3.85. The third-order valence-electron chi connectivity index (χ3n) is 6.26. The van der Waals surface area contributed by atoms with Gasteiger partial charge in [0.2, 0.25) is 21.7 Å². The second kappa shape index (κ2) is 11.0. The maximum absolute atomic E-state index is 13.9. The van der Waals surface area contributed by atoms with Gasteiger partial charge >= 0.3 is 0 Å². The Kier molecular flexibility index (Phi) is 7.83. The summed E-state index contributed by atoms with van der Waals surface area (Å²) in [6.07, 6.45) is 4.39. The first-order valence-corrected chi connectivity index (χ1v) is 13.6. The Labute approximate surface area is 215 Å². The third-order valence-corrected chi connectivity index (χ3v) is 8.05. The quantitative estimate of drug-likeness (QED) is 0.244. The molecule has 7 nitrogen and oxygen atoms in total. The summed E-state index contributed by atoms with van der Waals surface area (Å²) in [4.78, 5) is 20.4. The van der Waals surface area contributed by atoms with Crippen molar-refractivity contribution in [1.29, 1.82) is 0 Å². The summed E-state index contributed by atoms with van der Waals surface area (Å²) in [6.45, 7) is 3.77. The van der Waals surface area contributed by atoms with Crippen molar-refractivity contribution in [1.82, 2.24) is 14.5 Å². The van der Waals surface area contributed by atoms with Crippen molar-refractivity contribution in [2.24, 2.45) is 0 Å². The molecule has 2 aromatic heterocycles. The summed E-state index contributed by atoms with van der Waals surface area (Å²) < 4.78 is 42.3. The van der Waals surface area contributed by atoms with Gasteiger partial charge in [-0.3, -0.25) is 9.36 Å². The van der Waals surface area contributed by atoms with Crippen LogP contribution in [0.15, 0.2) is 81.4 Å². The number of hydrogen-bond donors (Lipinski definition) is 1. The molecule has 2 heterocycles. The van der Waals surface area contributed by atoms with E-state index in [-0.39, 0.29) is 11.4 Å².